The maximum atomic E-state index is 11.0. The van der Waals surface area contributed by atoms with Gasteiger partial charge < -0.3 is 15.2 Å². The molecule has 0 bridgehead atoms. The summed E-state index contributed by atoms with van der Waals surface area (Å²) in [5.41, 5.74) is 6.29. The molecule has 1 atom stereocenters. The molecule has 0 saturated heterocycles. The van der Waals surface area contributed by atoms with Crippen molar-refractivity contribution in [2.75, 3.05) is 6.54 Å². The average Bonchev–Trinajstić information content (AvgIpc) is 2.30. The van der Waals surface area contributed by atoms with Gasteiger partial charge in [0, 0.05) is 6.42 Å². The zero-order chi connectivity index (χ0) is 13.5. The van der Waals surface area contributed by atoms with Crippen LogP contribution in [0.4, 0.5) is 0 Å². The van der Waals surface area contributed by atoms with Crippen LogP contribution in [-0.4, -0.2) is 24.7 Å². The SMILES string of the molecule is CC(C)Oc1ccc(CC(C)OC(=O)CN)cc1. The van der Waals surface area contributed by atoms with Gasteiger partial charge in [-0.1, -0.05) is 12.1 Å². The molecule has 0 spiro atoms. The molecule has 0 aliphatic carbocycles. The van der Waals surface area contributed by atoms with Crippen LogP contribution in [0.25, 0.3) is 0 Å². The van der Waals surface area contributed by atoms with Gasteiger partial charge in [0.2, 0.25) is 0 Å². The van der Waals surface area contributed by atoms with Crippen molar-refractivity contribution in [3.05, 3.63) is 29.8 Å². The first-order valence-electron chi connectivity index (χ1n) is 6.16. The Labute approximate surface area is 108 Å². The third-order valence-corrected chi connectivity index (χ3v) is 2.32. The largest absolute Gasteiger partial charge is 0.491 e. The van der Waals surface area contributed by atoms with Crippen molar-refractivity contribution in [2.24, 2.45) is 5.73 Å². The molecule has 1 aromatic carbocycles. The highest BCUT2D eigenvalue weighted by Crippen LogP contribution is 2.15. The Morgan fingerprint density at radius 2 is 1.83 bits per heavy atom. The van der Waals surface area contributed by atoms with E-state index in [4.69, 9.17) is 15.2 Å². The van der Waals surface area contributed by atoms with Crippen molar-refractivity contribution < 1.29 is 14.3 Å². The van der Waals surface area contributed by atoms with E-state index in [0.29, 0.717) is 6.42 Å². The maximum absolute atomic E-state index is 11.0. The second-order valence-corrected chi connectivity index (χ2v) is 4.52. The van der Waals surface area contributed by atoms with Crippen LogP contribution < -0.4 is 10.5 Å². The van der Waals surface area contributed by atoms with Crippen molar-refractivity contribution in [1.82, 2.24) is 0 Å². The number of carbonyl (C=O) groups is 1. The van der Waals surface area contributed by atoms with Crippen LogP contribution in [-0.2, 0) is 16.0 Å². The zero-order valence-electron chi connectivity index (χ0n) is 11.2. The van der Waals surface area contributed by atoms with E-state index < -0.39 is 0 Å². The van der Waals surface area contributed by atoms with Crippen molar-refractivity contribution in [3.63, 3.8) is 0 Å². The number of rotatable bonds is 6. The van der Waals surface area contributed by atoms with Gasteiger partial charge in [-0.2, -0.15) is 0 Å². The molecule has 4 heteroatoms. The molecule has 1 unspecified atom stereocenters. The summed E-state index contributed by atoms with van der Waals surface area (Å²) in [7, 11) is 0. The van der Waals surface area contributed by atoms with Crippen LogP contribution in [0.2, 0.25) is 0 Å². The zero-order valence-corrected chi connectivity index (χ0v) is 11.2. The Bertz CT molecular complexity index is 373. The minimum atomic E-state index is -0.373. The van der Waals surface area contributed by atoms with E-state index in [1.807, 2.05) is 45.0 Å². The van der Waals surface area contributed by atoms with E-state index in [0.717, 1.165) is 11.3 Å². The highest BCUT2D eigenvalue weighted by molar-refractivity contribution is 5.71. The van der Waals surface area contributed by atoms with E-state index in [1.54, 1.807) is 0 Å². The fourth-order valence-corrected chi connectivity index (χ4v) is 1.62. The first-order valence-corrected chi connectivity index (χ1v) is 6.16. The Morgan fingerprint density at radius 3 is 2.33 bits per heavy atom. The molecule has 1 aromatic rings. The molecular formula is C14H21NO3. The van der Waals surface area contributed by atoms with Crippen LogP contribution >= 0.6 is 0 Å². The lowest BCUT2D eigenvalue weighted by Crippen LogP contribution is -2.23. The lowest BCUT2D eigenvalue weighted by Gasteiger charge is -2.13. The molecule has 18 heavy (non-hydrogen) atoms. The van der Waals surface area contributed by atoms with E-state index in [-0.39, 0.29) is 24.7 Å². The van der Waals surface area contributed by atoms with Gasteiger partial charge in [-0.15, -0.1) is 0 Å². The van der Waals surface area contributed by atoms with Crippen molar-refractivity contribution in [1.29, 1.82) is 0 Å². The summed E-state index contributed by atoms with van der Waals surface area (Å²) in [6, 6.07) is 7.80. The first-order chi connectivity index (χ1) is 8.51. The topological polar surface area (TPSA) is 61.5 Å². The second kappa shape index (κ2) is 7.01. The van der Waals surface area contributed by atoms with Crippen LogP contribution in [0.5, 0.6) is 5.75 Å². The minimum absolute atomic E-state index is 0.0779. The molecule has 100 valence electrons. The van der Waals surface area contributed by atoms with Crippen LogP contribution in [0.15, 0.2) is 24.3 Å². The molecule has 0 heterocycles. The van der Waals surface area contributed by atoms with Crippen LogP contribution in [0, 0.1) is 0 Å². The van der Waals surface area contributed by atoms with Gasteiger partial charge in [0.15, 0.2) is 0 Å². The van der Waals surface area contributed by atoms with Crippen LogP contribution in [0.1, 0.15) is 26.3 Å². The van der Waals surface area contributed by atoms with Gasteiger partial charge in [-0.25, -0.2) is 0 Å². The number of carbonyl (C=O) groups excluding carboxylic acids is 1. The Kier molecular flexibility index (Phi) is 5.65. The summed E-state index contributed by atoms with van der Waals surface area (Å²) < 4.78 is 10.7. The third-order valence-electron chi connectivity index (χ3n) is 2.32. The predicted octanol–water partition coefficient (Wildman–Crippen LogP) is 1.91. The van der Waals surface area contributed by atoms with Crippen molar-refractivity contribution in [2.45, 2.75) is 39.4 Å². The normalized spacial score (nSPS) is 12.3. The molecule has 1 rings (SSSR count). The maximum Gasteiger partial charge on any atom is 0.319 e. The van der Waals surface area contributed by atoms with Gasteiger partial charge >= 0.3 is 5.97 Å². The molecule has 2 N–H and O–H groups in total. The van der Waals surface area contributed by atoms with Gasteiger partial charge in [-0.05, 0) is 38.5 Å². The summed E-state index contributed by atoms with van der Waals surface area (Å²) in [5.74, 6) is 0.475. The van der Waals surface area contributed by atoms with E-state index in [1.165, 1.54) is 0 Å². The Hall–Kier alpha value is -1.55. The third kappa shape index (κ3) is 5.19. The molecule has 0 amide bonds. The summed E-state index contributed by atoms with van der Waals surface area (Å²) in [4.78, 5) is 11.0. The summed E-state index contributed by atoms with van der Waals surface area (Å²) >= 11 is 0. The predicted molar refractivity (Wildman–Crippen MR) is 70.5 cm³/mol. The smallest absolute Gasteiger partial charge is 0.319 e. The number of nitrogens with two attached hydrogens (primary N) is 1. The summed E-state index contributed by atoms with van der Waals surface area (Å²) in [5, 5.41) is 0. The highest BCUT2D eigenvalue weighted by Gasteiger charge is 2.08. The number of ether oxygens (including phenoxy) is 2. The van der Waals surface area contributed by atoms with Crippen molar-refractivity contribution >= 4 is 5.97 Å². The van der Waals surface area contributed by atoms with Gasteiger partial charge in [0.25, 0.3) is 0 Å². The van der Waals surface area contributed by atoms with E-state index in [9.17, 15) is 4.79 Å². The quantitative estimate of drug-likeness (QED) is 0.784. The fraction of sp³-hybridized carbons (Fsp3) is 0.500. The molecule has 0 aromatic heterocycles. The number of esters is 1. The monoisotopic (exact) mass is 251 g/mol. The number of benzene rings is 1. The molecule has 0 radical (unpaired) electrons. The van der Waals surface area contributed by atoms with E-state index >= 15 is 0 Å². The molecule has 0 fully saturated rings. The number of hydrogen-bond donors (Lipinski definition) is 1. The Morgan fingerprint density at radius 1 is 1.22 bits per heavy atom. The standard InChI is InChI=1S/C14H21NO3/c1-10(2)17-13-6-4-12(5-7-13)8-11(3)18-14(16)9-15/h4-7,10-11H,8-9,15H2,1-3H3. The molecule has 0 aliphatic rings. The second-order valence-electron chi connectivity index (χ2n) is 4.52. The molecule has 0 saturated carbocycles. The minimum Gasteiger partial charge on any atom is -0.491 e. The average molecular weight is 251 g/mol. The molecular weight excluding hydrogens is 230 g/mol. The Balaban J connectivity index is 2.50. The molecule has 0 aliphatic heterocycles. The van der Waals surface area contributed by atoms with Crippen LogP contribution in [0.3, 0.4) is 0 Å². The highest BCUT2D eigenvalue weighted by atomic mass is 16.5. The lowest BCUT2D eigenvalue weighted by molar-refractivity contribution is -0.146. The van der Waals surface area contributed by atoms with Gasteiger partial charge in [0.1, 0.15) is 11.9 Å². The van der Waals surface area contributed by atoms with E-state index in [2.05, 4.69) is 0 Å². The van der Waals surface area contributed by atoms with Gasteiger partial charge in [-0.3, -0.25) is 4.79 Å². The van der Waals surface area contributed by atoms with Gasteiger partial charge in [0.05, 0.1) is 12.6 Å². The summed E-state index contributed by atoms with van der Waals surface area (Å²) in [6.45, 7) is 5.75. The summed E-state index contributed by atoms with van der Waals surface area (Å²) in [6.07, 6.45) is 0.673. The lowest BCUT2D eigenvalue weighted by atomic mass is 10.1. The first kappa shape index (κ1) is 14.5. The number of hydrogen-bond acceptors (Lipinski definition) is 4. The molecule has 4 nitrogen and oxygen atoms in total. The van der Waals surface area contributed by atoms with Crippen molar-refractivity contribution in [3.8, 4) is 5.75 Å². The fourth-order valence-electron chi connectivity index (χ4n) is 1.62.